The van der Waals surface area contributed by atoms with Crippen molar-refractivity contribution in [1.29, 1.82) is 0 Å². The van der Waals surface area contributed by atoms with Crippen molar-refractivity contribution < 1.29 is 9.18 Å². The number of halogens is 1. The Morgan fingerprint density at radius 2 is 2.04 bits per heavy atom. The fourth-order valence-corrected chi connectivity index (χ4v) is 6.26. The number of hydrogen-bond donors (Lipinski definition) is 2. The molecule has 0 saturated carbocycles. The molecule has 2 heterocycles. The van der Waals surface area contributed by atoms with Gasteiger partial charge in [0, 0.05) is 22.3 Å². The van der Waals surface area contributed by atoms with Crippen LogP contribution in [0.4, 0.5) is 10.1 Å². The quantitative estimate of drug-likeness (QED) is 0.593. The maximum Gasteiger partial charge on any atom is 0.228 e. The molecular weight excluding hydrogens is 379 g/mol. The number of aryl methyl sites for hydroxylation is 1. The van der Waals surface area contributed by atoms with Crippen LogP contribution in [-0.4, -0.2) is 22.4 Å². The molecule has 1 fully saturated rings. The average molecular weight is 401 g/mol. The molecule has 1 aromatic heterocycles. The standard InChI is InChI=1S/C21H21FN2OS2/c1-13-17(18-11-15(22)6-7-19(18)23-13)12-20(25)24-16-5-2-4-14(10-16)21-26-8-3-9-27-21/h2,4-7,10-11,21,23H,3,8-9,12H2,1H3,(H,24,25). The SMILES string of the molecule is Cc1[nH]c2ccc(F)cc2c1CC(=O)Nc1cccc(C2SCCCS2)c1. The van der Waals surface area contributed by atoms with Crippen LogP contribution in [0.15, 0.2) is 42.5 Å². The van der Waals surface area contributed by atoms with E-state index in [-0.39, 0.29) is 18.1 Å². The molecule has 0 aliphatic carbocycles. The number of nitrogens with one attached hydrogen (secondary N) is 2. The molecule has 0 spiro atoms. The normalized spacial score (nSPS) is 15.2. The van der Waals surface area contributed by atoms with Crippen LogP contribution in [0.25, 0.3) is 10.9 Å². The number of carbonyl (C=O) groups is 1. The number of hydrogen-bond acceptors (Lipinski definition) is 3. The lowest BCUT2D eigenvalue weighted by Crippen LogP contribution is -2.15. The van der Waals surface area contributed by atoms with Crippen LogP contribution in [0.1, 0.15) is 27.8 Å². The van der Waals surface area contributed by atoms with Crippen molar-refractivity contribution in [2.45, 2.75) is 24.3 Å². The molecule has 6 heteroatoms. The lowest BCUT2D eigenvalue weighted by atomic mass is 10.1. The number of aromatic amines is 1. The third-order valence-corrected chi connectivity index (χ3v) is 7.70. The minimum Gasteiger partial charge on any atom is -0.358 e. The predicted octanol–water partition coefficient (Wildman–Crippen LogP) is 5.67. The number of rotatable bonds is 4. The number of H-pyrrole nitrogens is 1. The summed E-state index contributed by atoms with van der Waals surface area (Å²) in [5, 5.41) is 3.77. The summed E-state index contributed by atoms with van der Waals surface area (Å²) < 4.78 is 14.1. The van der Waals surface area contributed by atoms with Gasteiger partial charge in [0.15, 0.2) is 0 Å². The van der Waals surface area contributed by atoms with Gasteiger partial charge in [-0.2, -0.15) is 0 Å². The zero-order valence-electron chi connectivity index (χ0n) is 15.0. The smallest absolute Gasteiger partial charge is 0.228 e. The molecule has 27 heavy (non-hydrogen) atoms. The van der Waals surface area contributed by atoms with Crippen molar-refractivity contribution in [3.63, 3.8) is 0 Å². The molecule has 3 aromatic rings. The van der Waals surface area contributed by atoms with E-state index in [1.54, 1.807) is 6.07 Å². The van der Waals surface area contributed by atoms with Gasteiger partial charge in [0.1, 0.15) is 5.82 Å². The molecule has 140 valence electrons. The van der Waals surface area contributed by atoms with Crippen LogP contribution in [0.2, 0.25) is 0 Å². The van der Waals surface area contributed by atoms with Crippen molar-refractivity contribution in [2.24, 2.45) is 0 Å². The van der Waals surface area contributed by atoms with E-state index in [0.717, 1.165) is 27.8 Å². The molecule has 4 rings (SSSR count). The van der Waals surface area contributed by atoms with Gasteiger partial charge >= 0.3 is 0 Å². The van der Waals surface area contributed by atoms with Crippen molar-refractivity contribution in [1.82, 2.24) is 4.98 Å². The zero-order valence-corrected chi connectivity index (χ0v) is 16.7. The third kappa shape index (κ3) is 4.17. The lowest BCUT2D eigenvalue weighted by Gasteiger charge is -2.21. The second-order valence-corrected chi connectivity index (χ2v) is 9.42. The van der Waals surface area contributed by atoms with Crippen LogP contribution in [0.3, 0.4) is 0 Å². The summed E-state index contributed by atoms with van der Waals surface area (Å²) >= 11 is 3.93. The number of thioether (sulfide) groups is 2. The Kier molecular flexibility index (Phi) is 5.45. The molecule has 3 nitrogen and oxygen atoms in total. The van der Waals surface area contributed by atoms with E-state index in [0.29, 0.717) is 4.58 Å². The first-order valence-electron chi connectivity index (χ1n) is 9.00. The Balaban J connectivity index is 1.50. The van der Waals surface area contributed by atoms with Gasteiger partial charge in [-0.05, 0) is 66.3 Å². The molecule has 1 amide bonds. The monoisotopic (exact) mass is 400 g/mol. The number of fused-ring (bicyclic) bond motifs is 1. The maximum absolute atomic E-state index is 13.6. The summed E-state index contributed by atoms with van der Waals surface area (Å²) in [4.78, 5) is 15.8. The summed E-state index contributed by atoms with van der Waals surface area (Å²) in [5.74, 6) is 1.98. The summed E-state index contributed by atoms with van der Waals surface area (Å²) in [6, 6.07) is 12.7. The largest absolute Gasteiger partial charge is 0.358 e. The van der Waals surface area contributed by atoms with Crippen LogP contribution < -0.4 is 5.32 Å². The number of amides is 1. The summed E-state index contributed by atoms with van der Waals surface area (Å²) in [6.07, 6.45) is 1.47. The predicted molar refractivity (Wildman–Crippen MR) is 114 cm³/mol. The Morgan fingerprint density at radius 1 is 1.22 bits per heavy atom. The minimum absolute atomic E-state index is 0.0932. The van der Waals surface area contributed by atoms with Crippen molar-refractivity contribution >= 4 is 46.0 Å². The molecule has 2 N–H and O–H groups in total. The Hall–Kier alpha value is -1.92. The molecule has 0 radical (unpaired) electrons. The number of aromatic nitrogens is 1. The number of anilines is 1. The van der Waals surface area contributed by atoms with Gasteiger partial charge in [0.25, 0.3) is 0 Å². The van der Waals surface area contributed by atoms with Crippen molar-refractivity contribution in [2.75, 3.05) is 16.8 Å². The highest BCUT2D eigenvalue weighted by Gasteiger charge is 2.18. The Bertz CT molecular complexity index is 979. The fourth-order valence-electron chi connectivity index (χ4n) is 3.39. The first-order valence-corrected chi connectivity index (χ1v) is 11.1. The zero-order chi connectivity index (χ0) is 18.8. The minimum atomic E-state index is -0.293. The lowest BCUT2D eigenvalue weighted by molar-refractivity contribution is -0.115. The second kappa shape index (κ2) is 7.98. The van der Waals surface area contributed by atoms with Crippen molar-refractivity contribution in [3.05, 3.63) is 65.1 Å². The molecule has 0 unspecified atom stereocenters. The van der Waals surface area contributed by atoms with Crippen LogP contribution in [0, 0.1) is 12.7 Å². The molecule has 0 bridgehead atoms. The number of carbonyl (C=O) groups excluding carboxylic acids is 1. The molecule has 1 aliphatic rings. The first-order chi connectivity index (χ1) is 13.1. The molecule has 2 aromatic carbocycles. The van der Waals surface area contributed by atoms with Gasteiger partial charge < -0.3 is 10.3 Å². The summed E-state index contributed by atoms with van der Waals surface area (Å²) in [6.45, 7) is 1.92. The van der Waals surface area contributed by atoms with Gasteiger partial charge in [-0.3, -0.25) is 4.79 Å². The van der Waals surface area contributed by atoms with E-state index in [1.165, 1.54) is 35.6 Å². The molecule has 1 saturated heterocycles. The molecular formula is C21H21FN2OS2. The third-order valence-electron chi connectivity index (χ3n) is 4.69. The van der Waals surface area contributed by atoms with Crippen molar-refractivity contribution in [3.8, 4) is 0 Å². The van der Waals surface area contributed by atoms with E-state index in [9.17, 15) is 9.18 Å². The van der Waals surface area contributed by atoms with E-state index in [1.807, 2.05) is 42.6 Å². The highest BCUT2D eigenvalue weighted by atomic mass is 32.2. The second-order valence-electron chi connectivity index (χ2n) is 6.70. The van der Waals surface area contributed by atoms with E-state index < -0.39 is 0 Å². The van der Waals surface area contributed by atoms with E-state index >= 15 is 0 Å². The topological polar surface area (TPSA) is 44.9 Å². The van der Waals surface area contributed by atoms with Gasteiger partial charge in [-0.25, -0.2) is 4.39 Å². The fraction of sp³-hybridized carbons (Fsp3) is 0.286. The maximum atomic E-state index is 13.6. The van der Waals surface area contributed by atoms with Gasteiger partial charge in [0.2, 0.25) is 5.91 Å². The highest BCUT2D eigenvalue weighted by Crippen LogP contribution is 2.44. The Labute approximate surface area is 166 Å². The van der Waals surface area contributed by atoms with Crippen LogP contribution in [0.5, 0.6) is 0 Å². The van der Waals surface area contributed by atoms with Crippen LogP contribution >= 0.6 is 23.5 Å². The molecule has 1 aliphatic heterocycles. The highest BCUT2D eigenvalue weighted by molar-refractivity contribution is 8.16. The van der Waals surface area contributed by atoms with Gasteiger partial charge in [-0.1, -0.05) is 12.1 Å². The van der Waals surface area contributed by atoms with E-state index in [4.69, 9.17) is 0 Å². The van der Waals surface area contributed by atoms with Gasteiger partial charge in [-0.15, -0.1) is 23.5 Å². The Morgan fingerprint density at radius 3 is 2.85 bits per heavy atom. The van der Waals surface area contributed by atoms with E-state index in [2.05, 4.69) is 22.4 Å². The molecule has 0 atom stereocenters. The van der Waals surface area contributed by atoms with Gasteiger partial charge in [0.05, 0.1) is 11.0 Å². The average Bonchev–Trinajstić information content (AvgIpc) is 2.97. The summed E-state index contributed by atoms with van der Waals surface area (Å²) in [7, 11) is 0. The summed E-state index contributed by atoms with van der Waals surface area (Å²) in [5.41, 5.74) is 4.65. The first kappa shape index (κ1) is 18.4. The van der Waals surface area contributed by atoms with Crippen LogP contribution in [-0.2, 0) is 11.2 Å². The number of benzene rings is 2.